The van der Waals surface area contributed by atoms with Gasteiger partial charge < -0.3 is 4.42 Å². The van der Waals surface area contributed by atoms with E-state index in [4.69, 9.17) is 4.42 Å². The van der Waals surface area contributed by atoms with E-state index < -0.39 is 0 Å². The molecular weight excluding hydrogens is 318 g/mol. The molecule has 7 nitrogen and oxygen atoms in total. The fourth-order valence-electron chi connectivity index (χ4n) is 2.56. The Bertz CT molecular complexity index is 877. The van der Waals surface area contributed by atoms with Gasteiger partial charge >= 0.3 is 6.01 Å². The molecule has 0 radical (unpaired) electrons. The number of nitrogens with one attached hydrogen (secondary N) is 1. The molecule has 0 aliphatic carbocycles. The highest BCUT2D eigenvalue weighted by molar-refractivity contribution is 6.02. The first kappa shape index (κ1) is 16.9. The van der Waals surface area contributed by atoms with E-state index in [1.165, 1.54) is 5.56 Å². The molecule has 1 N–H and O–H groups in total. The van der Waals surface area contributed by atoms with Crippen molar-refractivity contribution in [1.29, 1.82) is 0 Å². The minimum atomic E-state index is -0.366. The van der Waals surface area contributed by atoms with Gasteiger partial charge in [-0.2, -0.15) is 5.10 Å². The summed E-state index contributed by atoms with van der Waals surface area (Å²) in [6.45, 7) is 6.14. The maximum absolute atomic E-state index is 12.2. The van der Waals surface area contributed by atoms with Gasteiger partial charge in [0, 0.05) is 18.8 Å². The van der Waals surface area contributed by atoms with Crippen LogP contribution in [0, 0.1) is 6.92 Å². The number of hydrogen-bond acceptors (Lipinski definition) is 5. The van der Waals surface area contributed by atoms with E-state index >= 15 is 0 Å². The molecule has 0 saturated carbocycles. The normalized spacial score (nSPS) is 11.1. The second-order valence-electron chi connectivity index (χ2n) is 6.36. The molecule has 3 rings (SSSR count). The van der Waals surface area contributed by atoms with E-state index in [9.17, 15) is 4.79 Å². The lowest BCUT2D eigenvalue weighted by atomic mass is 10.0. The standard InChI is InChI=1S/C18H21N5O2/c1-11(2)14-7-5-13(6-8-14)9-15-20-21-18(25-15)19-17(24)16-12(3)10-23(4)22-16/h5-8,10-11H,9H2,1-4H3,(H,19,21,24). The van der Waals surface area contributed by atoms with Gasteiger partial charge in [-0.3, -0.25) is 14.8 Å². The third kappa shape index (κ3) is 3.93. The number of hydrogen-bond donors (Lipinski definition) is 1. The summed E-state index contributed by atoms with van der Waals surface area (Å²) in [5, 5.41) is 14.6. The topological polar surface area (TPSA) is 85.8 Å². The van der Waals surface area contributed by atoms with Crippen molar-refractivity contribution >= 4 is 11.9 Å². The minimum Gasteiger partial charge on any atom is -0.407 e. The highest BCUT2D eigenvalue weighted by Crippen LogP contribution is 2.17. The van der Waals surface area contributed by atoms with Crippen molar-refractivity contribution in [2.75, 3.05) is 5.32 Å². The molecule has 0 saturated heterocycles. The number of aromatic nitrogens is 4. The molecule has 2 heterocycles. The van der Waals surface area contributed by atoms with Gasteiger partial charge in [-0.05, 0) is 24.0 Å². The van der Waals surface area contributed by atoms with Gasteiger partial charge in [0.25, 0.3) is 5.91 Å². The van der Waals surface area contributed by atoms with E-state index in [0.717, 1.165) is 11.1 Å². The zero-order valence-corrected chi connectivity index (χ0v) is 14.8. The third-order valence-corrected chi connectivity index (χ3v) is 3.92. The van der Waals surface area contributed by atoms with Crippen LogP contribution in [-0.2, 0) is 13.5 Å². The van der Waals surface area contributed by atoms with E-state index in [1.54, 1.807) is 17.9 Å². The predicted molar refractivity (Wildman–Crippen MR) is 93.5 cm³/mol. The Morgan fingerprint density at radius 1 is 1.24 bits per heavy atom. The Morgan fingerprint density at radius 2 is 1.96 bits per heavy atom. The zero-order valence-electron chi connectivity index (χ0n) is 14.8. The fourth-order valence-corrected chi connectivity index (χ4v) is 2.56. The predicted octanol–water partition coefficient (Wildman–Crippen LogP) is 3.08. The number of rotatable bonds is 5. The monoisotopic (exact) mass is 339 g/mol. The molecule has 0 aliphatic rings. The van der Waals surface area contributed by atoms with E-state index in [-0.39, 0.29) is 11.9 Å². The van der Waals surface area contributed by atoms with Crippen LogP contribution in [0.2, 0.25) is 0 Å². The molecule has 130 valence electrons. The zero-order chi connectivity index (χ0) is 18.0. The van der Waals surface area contributed by atoms with Crippen LogP contribution >= 0.6 is 0 Å². The van der Waals surface area contributed by atoms with Gasteiger partial charge in [0.15, 0.2) is 5.69 Å². The molecule has 25 heavy (non-hydrogen) atoms. The van der Waals surface area contributed by atoms with Crippen LogP contribution in [0.15, 0.2) is 34.9 Å². The second-order valence-corrected chi connectivity index (χ2v) is 6.36. The average molecular weight is 339 g/mol. The number of aryl methyl sites for hydroxylation is 2. The summed E-state index contributed by atoms with van der Waals surface area (Å²) in [6, 6.07) is 8.37. The van der Waals surface area contributed by atoms with Gasteiger partial charge in [0.1, 0.15) is 0 Å². The minimum absolute atomic E-state index is 0.0730. The first-order valence-electron chi connectivity index (χ1n) is 8.15. The van der Waals surface area contributed by atoms with Crippen molar-refractivity contribution < 1.29 is 9.21 Å². The van der Waals surface area contributed by atoms with E-state index in [0.29, 0.717) is 23.9 Å². The maximum Gasteiger partial charge on any atom is 0.322 e. The highest BCUT2D eigenvalue weighted by atomic mass is 16.4. The molecule has 0 unspecified atom stereocenters. The number of nitrogens with zero attached hydrogens (tertiary/aromatic N) is 4. The van der Waals surface area contributed by atoms with Crippen molar-refractivity contribution in [2.24, 2.45) is 7.05 Å². The molecular formula is C18H21N5O2. The van der Waals surface area contributed by atoms with Crippen LogP contribution in [0.4, 0.5) is 6.01 Å². The number of carbonyl (C=O) groups is 1. The number of amides is 1. The highest BCUT2D eigenvalue weighted by Gasteiger charge is 2.16. The summed E-state index contributed by atoms with van der Waals surface area (Å²) in [5.41, 5.74) is 3.48. The Kier molecular flexibility index (Phi) is 4.65. The molecule has 0 spiro atoms. The van der Waals surface area contributed by atoms with Crippen LogP contribution in [0.1, 0.15) is 52.8 Å². The SMILES string of the molecule is Cc1cn(C)nc1C(=O)Nc1nnc(Cc2ccc(C(C)C)cc2)o1. The van der Waals surface area contributed by atoms with Gasteiger partial charge in [-0.25, -0.2) is 0 Å². The summed E-state index contributed by atoms with van der Waals surface area (Å²) in [5.74, 6) is 0.578. The lowest BCUT2D eigenvalue weighted by Crippen LogP contribution is -2.14. The lowest BCUT2D eigenvalue weighted by molar-refractivity contribution is 0.101. The molecule has 1 aromatic carbocycles. The van der Waals surface area contributed by atoms with E-state index in [2.05, 4.69) is 58.7 Å². The summed E-state index contributed by atoms with van der Waals surface area (Å²) >= 11 is 0. The second kappa shape index (κ2) is 6.88. The summed E-state index contributed by atoms with van der Waals surface area (Å²) in [7, 11) is 1.76. The number of carbonyl (C=O) groups excluding carboxylic acids is 1. The van der Waals surface area contributed by atoms with Crippen molar-refractivity contribution in [2.45, 2.75) is 33.1 Å². The van der Waals surface area contributed by atoms with Gasteiger partial charge in [-0.1, -0.05) is 43.2 Å². The Morgan fingerprint density at radius 3 is 2.56 bits per heavy atom. The van der Waals surface area contributed by atoms with Crippen molar-refractivity contribution in [3.8, 4) is 0 Å². The van der Waals surface area contributed by atoms with Crippen LogP contribution in [0.3, 0.4) is 0 Å². The Balaban J connectivity index is 1.66. The molecule has 0 atom stereocenters. The molecule has 7 heteroatoms. The van der Waals surface area contributed by atoms with Crippen LogP contribution in [0.5, 0.6) is 0 Å². The van der Waals surface area contributed by atoms with Gasteiger partial charge in [0.05, 0.1) is 6.42 Å². The van der Waals surface area contributed by atoms with Gasteiger partial charge in [-0.15, -0.1) is 5.10 Å². The average Bonchev–Trinajstić information content (AvgIpc) is 3.13. The van der Waals surface area contributed by atoms with Crippen LogP contribution < -0.4 is 5.32 Å². The quantitative estimate of drug-likeness (QED) is 0.772. The molecule has 2 aromatic heterocycles. The number of anilines is 1. The summed E-state index contributed by atoms with van der Waals surface area (Å²) in [4.78, 5) is 12.2. The van der Waals surface area contributed by atoms with Crippen LogP contribution in [-0.4, -0.2) is 25.9 Å². The molecule has 0 fully saturated rings. The molecule has 1 amide bonds. The first-order valence-corrected chi connectivity index (χ1v) is 8.15. The number of benzene rings is 1. The Labute approximate surface area is 146 Å². The molecule has 3 aromatic rings. The lowest BCUT2D eigenvalue weighted by Gasteiger charge is -2.05. The first-order chi connectivity index (χ1) is 11.9. The molecule has 0 bridgehead atoms. The van der Waals surface area contributed by atoms with Crippen molar-refractivity contribution in [3.05, 3.63) is 58.7 Å². The van der Waals surface area contributed by atoms with Gasteiger partial charge in [0.2, 0.25) is 5.89 Å². The smallest absolute Gasteiger partial charge is 0.322 e. The summed E-state index contributed by atoms with van der Waals surface area (Å²) in [6.07, 6.45) is 2.29. The van der Waals surface area contributed by atoms with Crippen LogP contribution in [0.25, 0.3) is 0 Å². The third-order valence-electron chi connectivity index (χ3n) is 3.92. The van der Waals surface area contributed by atoms with Crippen molar-refractivity contribution in [3.63, 3.8) is 0 Å². The fraction of sp³-hybridized carbons (Fsp3) is 0.333. The Hall–Kier alpha value is -2.96. The maximum atomic E-state index is 12.2. The van der Waals surface area contributed by atoms with Crippen molar-refractivity contribution in [1.82, 2.24) is 20.0 Å². The largest absolute Gasteiger partial charge is 0.407 e. The molecule has 0 aliphatic heterocycles. The summed E-state index contributed by atoms with van der Waals surface area (Å²) < 4.78 is 7.10. The van der Waals surface area contributed by atoms with E-state index in [1.807, 2.05) is 6.92 Å².